The van der Waals surface area contributed by atoms with Gasteiger partial charge in [-0.3, -0.25) is 9.59 Å². The zero-order valence-corrected chi connectivity index (χ0v) is 16.7. The zero-order valence-electron chi connectivity index (χ0n) is 15.9. The lowest BCUT2D eigenvalue weighted by atomic mass is 10.1. The molecule has 0 saturated heterocycles. The van der Waals surface area contributed by atoms with E-state index < -0.39 is 0 Å². The Morgan fingerprint density at radius 1 is 1.30 bits per heavy atom. The molecule has 0 spiro atoms. The zero-order chi connectivity index (χ0) is 21.1. The molecule has 0 radical (unpaired) electrons. The number of ether oxygens (including phenoxy) is 1. The van der Waals surface area contributed by atoms with Gasteiger partial charge in [-0.2, -0.15) is 0 Å². The van der Waals surface area contributed by atoms with Crippen molar-refractivity contribution in [2.75, 3.05) is 23.4 Å². The maximum absolute atomic E-state index is 13.0. The molecule has 2 aromatic carbocycles. The SMILES string of the molecule is C=CCN1C(=O)COc2ccc(-c3csc(NC(=O)Cc4ccc(F)cc4)n3)cc21. The summed E-state index contributed by atoms with van der Waals surface area (Å²) >= 11 is 1.30. The van der Waals surface area contributed by atoms with Crippen molar-refractivity contribution in [1.82, 2.24) is 4.98 Å². The molecule has 152 valence electrons. The number of carbonyl (C=O) groups excluding carboxylic acids is 2. The molecule has 1 aromatic heterocycles. The van der Waals surface area contributed by atoms with Crippen LogP contribution in [0.3, 0.4) is 0 Å². The van der Waals surface area contributed by atoms with Crippen LogP contribution in [-0.2, 0) is 16.0 Å². The molecular weight excluding hydrogens is 405 g/mol. The number of anilines is 2. The van der Waals surface area contributed by atoms with E-state index in [-0.39, 0.29) is 30.7 Å². The average Bonchev–Trinajstić information content (AvgIpc) is 3.20. The van der Waals surface area contributed by atoms with E-state index in [4.69, 9.17) is 4.74 Å². The molecule has 6 nitrogen and oxygen atoms in total. The number of aromatic nitrogens is 1. The number of thiazole rings is 1. The largest absolute Gasteiger partial charge is 0.482 e. The third kappa shape index (κ3) is 4.23. The van der Waals surface area contributed by atoms with Gasteiger partial charge in [0.1, 0.15) is 11.6 Å². The van der Waals surface area contributed by atoms with Gasteiger partial charge in [-0.15, -0.1) is 17.9 Å². The topological polar surface area (TPSA) is 71.5 Å². The molecule has 3 aromatic rings. The van der Waals surface area contributed by atoms with Crippen molar-refractivity contribution in [3.63, 3.8) is 0 Å². The first-order valence-corrected chi connectivity index (χ1v) is 10.1. The predicted molar refractivity (Wildman–Crippen MR) is 114 cm³/mol. The molecule has 2 amide bonds. The minimum atomic E-state index is -0.340. The molecule has 0 unspecified atom stereocenters. The normalized spacial score (nSPS) is 12.8. The van der Waals surface area contributed by atoms with E-state index in [0.29, 0.717) is 34.4 Å². The van der Waals surface area contributed by atoms with Crippen molar-refractivity contribution in [3.05, 3.63) is 71.9 Å². The number of fused-ring (bicyclic) bond motifs is 1. The lowest BCUT2D eigenvalue weighted by Gasteiger charge is -2.28. The van der Waals surface area contributed by atoms with Crippen molar-refractivity contribution in [2.24, 2.45) is 0 Å². The van der Waals surface area contributed by atoms with Crippen molar-refractivity contribution in [2.45, 2.75) is 6.42 Å². The highest BCUT2D eigenvalue weighted by Gasteiger charge is 2.25. The molecule has 1 aliphatic rings. The first-order valence-electron chi connectivity index (χ1n) is 9.22. The fourth-order valence-electron chi connectivity index (χ4n) is 3.11. The number of halogens is 1. The van der Waals surface area contributed by atoms with Crippen LogP contribution in [0.5, 0.6) is 5.75 Å². The van der Waals surface area contributed by atoms with Crippen molar-refractivity contribution < 1.29 is 18.7 Å². The maximum atomic E-state index is 13.0. The first kappa shape index (κ1) is 19.8. The van der Waals surface area contributed by atoms with Gasteiger partial charge in [0.05, 0.1) is 17.8 Å². The van der Waals surface area contributed by atoms with Crippen LogP contribution in [0.15, 0.2) is 60.5 Å². The van der Waals surface area contributed by atoms with E-state index in [9.17, 15) is 14.0 Å². The van der Waals surface area contributed by atoms with Gasteiger partial charge in [0, 0.05) is 17.5 Å². The highest BCUT2D eigenvalue weighted by molar-refractivity contribution is 7.14. The Morgan fingerprint density at radius 2 is 2.10 bits per heavy atom. The van der Waals surface area contributed by atoms with Crippen LogP contribution in [0.4, 0.5) is 15.2 Å². The molecule has 1 aliphatic heterocycles. The fourth-order valence-corrected chi connectivity index (χ4v) is 3.84. The summed E-state index contributed by atoms with van der Waals surface area (Å²) < 4.78 is 18.5. The van der Waals surface area contributed by atoms with Gasteiger partial charge >= 0.3 is 0 Å². The Morgan fingerprint density at radius 3 is 2.87 bits per heavy atom. The molecule has 2 heterocycles. The summed E-state index contributed by atoms with van der Waals surface area (Å²) in [5.41, 5.74) is 2.86. The van der Waals surface area contributed by atoms with Gasteiger partial charge in [-0.25, -0.2) is 9.37 Å². The second-order valence-corrected chi connectivity index (χ2v) is 7.51. The van der Waals surface area contributed by atoms with Crippen molar-refractivity contribution in [1.29, 1.82) is 0 Å². The first-order chi connectivity index (χ1) is 14.5. The number of rotatable bonds is 6. The smallest absolute Gasteiger partial charge is 0.265 e. The van der Waals surface area contributed by atoms with Crippen LogP contribution in [0.1, 0.15) is 5.56 Å². The Bertz CT molecular complexity index is 1110. The minimum Gasteiger partial charge on any atom is -0.482 e. The molecule has 0 atom stereocenters. The molecule has 30 heavy (non-hydrogen) atoms. The monoisotopic (exact) mass is 423 g/mol. The maximum Gasteiger partial charge on any atom is 0.265 e. The summed E-state index contributed by atoms with van der Waals surface area (Å²) in [5, 5.41) is 5.06. The quantitative estimate of drug-likeness (QED) is 0.608. The standard InChI is InChI=1S/C22H18FN3O3S/c1-2-9-26-18-11-15(5-8-19(18)29-12-21(26)28)17-13-30-22(24-17)25-20(27)10-14-3-6-16(23)7-4-14/h2-8,11,13H,1,9-10,12H2,(H,24,25,27). The lowest BCUT2D eigenvalue weighted by Crippen LogP contribution is -2.38. The third-order valence-corrected chi connectivity index (χ3v) is 5.30. The van der Waals surface area contributed by atoms with Crippen molar-refractivity contribution in [3.8, 4) is 17.0 Å². The molecule has 8 heteroatoms. The predicted octanol–water partition coefficient (Wildman–Crippen LogP) is 4.04. The third-order valence-electron chi connectivity index (χ3n) is 4.54. The molecule has 0 fully saturated rings. The van der Waals surface area contributed by atoms with Crippen LogP contribution in [0, 0.1) is 5.82 Å². The number of carbonyl (C=O) groups is 2. The summed E-state index contributed by atoms with van der Waals surface area (Å²) in [7, 11) is 0. The van der Waals surface area contributed by atoms with Crippen LogP contribution in [-0.4, -0.2) is 29.9 Å². The van der Waals surface area contributed by atoms with Crippen LogP contribution < -0.4 is 15.0 Å². The highest BCUT2D eigenvalue weighted by atomic mass is 32.1. The summed E-state index contributed by atoms with van der Waals surface area (Å²) in [4.78, 5) is 30.5. The second kappa shape index (κ2) is 8.46. The highest BCUT2D eigenvalue weighted by Crippen LogP contribution is 2.36. The number of benzene rings is 2. The van der Waals surface area contributed by atoms with E-state index in [2.05, 4.69) is 16.9 Å². The number of nitrogens with zero attached hydrogens (tertiary/aromatic N) is 2. The average molecular weight is 423 g/mol. The summed E-state index contributed by atoms with van der Waals surface area (Å²) in [6, 6.07) is 11.3. The Labute approximate surface area is 176 Å². The van der Waals surface area contributed by atoms with E-state index in [1.165, 1.54) is 23.5 Å². The van der Waals surface area contributed by atoms with Crippen molar-refractivity contribution >= 4 is 34.0 Å². The fraction of sp³-hybridized carbons (Fsp3) is 0.136. The second-order valence-electron chi connectivity index (χ2n) is 6.65. The molecule has 1 N–H and O–H groups in total. The van der Waals surface area contributed by atoms with E-state index in [1.807, 2.05) is 17.5 Å². The lowest BCUT2D eigenvalue weighted by molar-refractivity contribution is -0.121. The molecule has 0 bridgehead atoms. The Kier molecular flexibility index (Phi) is 5.58. The van der Waals surface area contributed by atoms with Crippen LogP contribution in [0.2, 0.25) is 0 Å². The summed E-state index contributed by atoms with van der Waals surface area (Å²) in [5.74, 6) is -0.0774. The number of amides is 2. The molecule has 0 saturated carbocycles. The van der Waals surface area contributed by atoms with Gasteiger partial charge in [0.2, 0.25) is 5.91 Å². The minimum absolute atomic E-state index is 0.00111. The number of hydrogen-bond donors (Lipinski definition) is 1. The van der Waals surface area contributed by atoms with E-state index >= 15 is 0 Å². The Hall–Kier alpha value is -3.52. The molecule has 4 rings (SSSR count). The summed E-state index contributed by atoms with van der Waals surface area (Å²) in [6.45, 7) is 4.09. The van der Waals surface area contributed by atoms with E-state index in [0.717, 1.165) is 5.56 Å². The summed E-state index contributed by atoms with van der Waals surface area (Å²) in [6.07, 6.45) is 1.79. The number of nitrogens with one attached hydrogen (secondary N) is 1. The van der Waals surface area contributed by atoms with Crippen LogP contribution >= 0.6 is 11.3 Å². The van der Waals surface area contributed by atoms with Gasteiger partial charge in [0.25, 0.3) is 5.91 Å². The van der Waals surface area contributed by atoms with Gasteiger partial charge in [0.15, 0.2) is 11.7 Å². The van der Waals surface area contributed by atoms with E-state index in [1.54, 1.807) is 29.2 Å². The molecular formula is C22H18FN3O3S. The molecule has 0 aliphatic carbocycles. The number of hydrogen-bond acceptors (Lipinski definition) is 5. The Balaban J connectivity index is 1.50. The van der Waals surface area contributed by atoms with Gasteiger partial charge < -0.3 is 15.0 Å². The van der Waals surface area contributed by atoms with Gasteiger partial charge in [-0.05, 0) is 35.9 Å². The van der Waals surface area contributed by atoms with Crippen LogP contribution in [0.25, 0.3) is 11.3 Å². The van der Waals surface area contributed by atoms with Gasteiger partial charge in [-0.1, -0.05) is 18.2 Å².